The molecule has 2 aromatic rings. The number of hydrogen-bond acceptors (Lipinski definition) is 3. The van der Waals surface area contributed by atoms with Crippen LogP contribution in [0.2, 0.25) is 0 Å². The van der Waals surface area contributed by atoms with E-state index >= 15 is 0 Å². The maximum Gasteiger partial charge on any atom is 0.157 e. The molecule has 0 bridgehead atoms. The van der Waals surface area contributed by atoms with Crippen molar-refractivity contribution in [2.45, 2.75) is 25.5 Å². The molecule has 0 amide bonds. The molecule has 0 atom stereocenters. The van der Waals surface area contributed by atoms with Crippen molar-refractivity contribution in [3.63, 3.8) is 0 Å². The van der Waals surface area contributed by atoms with E-state index in [1.54, 1.807) is 6.20 Å². The van der Waals surface area contributed by atoms with Gasteiger partial charge in [0.2, 0.25) is 0 Å². The van der Waals surface area contributed by atoms with Crippen molar-refractivity contribution >= 4 is 28.3 Å². The SMILES string of the molecule is Brc1ccc(Cn2cc(OC3CCNCC3)cn2)cc1.Cl. The first-order chi connectivity index (χ1) is 9.79. The van der Waals surface area contributed by atoms with Crippen molar-refractivity contribution in [3.8, 4) is 5.75 Å². The van der Waals surface area contributed by atoms with Gasteiger partial charge in [0.25, 0.3) is 0 Å². The van der Waals surface area contributed by atoms with Gasteiger partial charge >= 0.3 is 0 Å². The van der Waals surface area contributed by atoms with Crippen molar-refractivity contribution < 1.29 is 4.74 Å². The fraction of sp³-hybridized carbons (Fsp3) is 0.400. The Morgan fingerprint density at radius 2 is 1.95 bits per heavy atom. The molecule has 3 rings (SSSR count). The first-order valence-corrected chi connectivity index (χ1v) is 7.73. The quantitative estimate of drug-likeness (QED) is 0.895. The molecule has 1 fully saturated rings. The van der Waals surface area contributed by atoms with E-state index in [2.05, 4.69) is 38.5 Å². The highest BCUT2D eigenvalue weighted by Crippen LogP contribution is 2.17. The van der Waals surface area contributed by atoms with Gasteiger partial charge in [-0.2, -0.15) is 5.10 Å². The average molecular weight is 373 g/mol. The summed E-state index contributed by atoms with van der Waals surface area (Å²) in [6.45, 7) is 2.85. The molecule has 2 heterocycles. The Labute approximate surface area is 139 Å². The largest absolute Gasteiger partial charge is 0.487 e. The Morgan fingerprint density at radius 1 is 1.24 bits per heavy atom. The molecule has 0 saturated carbocycles. The van der Waals surface area contributed by atoms with Gasteiger partial charge in [-0.15, -0.1) is 12.4 Å². The lowest BCUT2D eigenvalue weighted by Gasteiger charge is -2.22. The number of halogens is 2. The second-order valence-electron chi connectivity index (χ2n) is 5.07. The number of aromatic nitrogens is 2. The van der Waals surface area contributed by atoms with Gasteiger partial charge in [-0.05, 0) is 43.6 Å². The van der Waals surface area contributed by atoms with Crippen LogP contribution in [0.4, 0.5) is 0 Å². The number of benzene rings is 1. The van der Waals surface area contributed by atoms with Gasteiger partial charge in [0.1, 0.15) is 6.10 Å². The standard InChI is InChI=1S/C15H18BrN3O.ClH/c16-13-3-1-12(2-4-13)10-19-11-15(9-18-19)20-14-5-7-17-8-6-14;/h1-4,9,11,14,17H,5-8,10H2;1H. The highest BCUT2D eigenvalue weighted by molar-refractivity contribution is 9.10. The third kappa shape index (κ3) is 4.73. The minimum Gasteiger partial charge on any atom is -0.487 e. The second kappa shape index (κ2) is 7.82. The summed E-state index contributed by atoms with van der Waals surface area (Å²) in [6.07, 6.45) is 6.24. The van der Waals surface area contributed by atoms with Gasteiger partial charge in [-0.3, -0.25) is 4.68 Å². The highest BCUT2D eigenvalue weighted by atomic mass is 79.9. The van der Waals surface area contributed by atoms with E-state index in [0.717, 1.165) is 42.7 Å². The van der Waals surface area contributed by atoms with Crippen molar-refractivity contribution in [1.82, 2.24) is 15.1 Å². The average Bonchev–Trinajstić information content (AvgIpc) is 2.90. The Bertz CT molecular complexity index is 552. The minimum atomic E-state index is 0. The topological polar surface area (TPSA) is 39.1 Å². The smallest absolute Gasteiger partial charge is 0.157 e. The third-order valence-corrected chi connectivity index (χ3v) is 3.98. The molecule has 1 aliphatic rings. The van der Waals surface area contributed by atoms with Gasteiger partial charge in [0.15, 0.2) is 5.75 Å². The molecule has 6 heteroatoms. The van der Waals surface area contributed by atoms with Gasteiger partial charge in [0.05, 0.1) is 18.9 Å². The normalized spacial score (nSPS) is 15.5. The molecule has 1 saturated heterocycles. The van der Waals surface area contributed by atoms with Crippen LogP contribution in [-0.4, -0.2) is 29.0 Å². The van der Waals surface area contributed by atoms with Crippen molar-refractivity contribution in [2.75, 3.05) is 13.1 Å². The van der Waals surface area contributed by atoms with Crippen LogP contribution in [0.3, 0.4) is 0 Å². The van der Waals surface area contributed by atoms with Crippen molar-refractivity contribution in [2.24, 2.45) is 0 Å². The summed E-state index contributed by atoms with van der Waals surface area (Å²) in [4.78, 5) is 0. The minimum absolute atomic E-state index is 0. The van der Waals surface area contributed by atoms with Crippen LogP contribution >= 0.6 is 28.3 Å². The maximum atomic E-state index is 5.96. The molecule has 4 nitrogen and oxygen atoms in total. The number of hydrogen-bond donors (Lipinski definition) is 1. The van der Waals surface area contributed by atoms with E-state index in [4.69, 9.17) is 4.74 Å². The Morgan fingerprint density at radius 3 is 2.67 bits per heavy atom. The van der Waals surface area contributed by atoms with Crippen LogP contribution in [0.15, 0.2) is 41.1 Å². The first-order valence-electron chi connectivity index (χ1n) is 6.94. The molecule has 0 radical (unpaired) electrons. The summed E-state index contributed by atoms with van der Waals surface area (Å²) >= 11 is 3.44. The lowest BCUT2D eigenvalue weighted by molar-refractivity contribution is 0.162. The number of nitrogens with one attached hydrogen (secondary N) is 1. The van der Waals surface area contributed by atoms with E-state index in [9.17, 15) is 0 Å². The molecule has 0 unspecified atom stereocenters. The lowest BCUT2D eigenvalue weighted by Crippen LogP contribution is -2.34. The number of nitrogens with zero attached hydrogens (tertiary/aromatic N) is 2. The van der Waals surface area contributed by atoms with Gasteiger partial charge in [0, 0.05) is 4.47 Å². The van der Waals surface area contributed by atoms with Crippen LogP contribution in [0.1, 0.15) is 18.4 Å². The molecule has 1 aliphatic heterocycles. The molecule has 0 spiro atoms. The monoisotopic (exact) mass is 371 g/mol. The molecule has 1 aromatic heterocycles. The van der Waals surface area contributed by atoms with Gasteiger partial charge in [-0.1, -0.05) is 28.1 Å². The summed E-state index contributed by atoms with van der Waals surface area (Å²) in [5.41, 5.74) is 1.23. The zero-order chi connectivity index (χ0) is 13.8. The maximum absolute atomic E-state index is 5.96. The molecule has 1 aromatic carbocycles. The summed E-state index contributed by atoms with van der Waals surface area (Å²) in [7, 11) is 0. The predicted octanol–water partition coefficient (Wildman–Crippen LogP) is 3.25. The van der Waals surface area contributed by atoms with Crippen LogP contribution < -0.4 is 10.1 Å². The molecule has 21 heavy (non-hydrogen) atoms. The molecule has 0 aliphatic carbocycles. The van der Waals surface area contributed by atoms with Gasteiger partial charge in [-0.25, -0.2) is 0 Å². The molecular formula is C15H19BrClN3O. The Kier molecular flexibility index (Phi) is 6.08. The van der Waals surface area contributed by atoms with E-state index in [1.165, 1.54) is 5.56 Å². The fourth-order valence-electron chi connectivity index (χ4n) is 2.37. The summed E-state index contributed by atoms with van der Waals surface area (Å²) in [6, 6.07) is 8.29. The number of piperidine rings is 1. The Balaban J connectivity index is 0.00000161. The van der Waals surface area contributed by atoms with E-state index in [1.807, 2.05) is 23.0 Å². The van der Waals surface area contributed by atoms with E-state index in [0.29, 0.717) is 6.10 Å². The molecule has 1 N–H and O–H groups in total. The second-order valence-corrected chi connectivity index (χ2v) is 5.98. The number of rotatable bonds is 4. The number of ether oxygens (including phenoxy) is 1. The highest BCUT2D eigenvalue weighted by Gasteiger charge is 2.15. The predicted molar refractivity (Wildman–Crippen MR) is 89.2 cm³/mol. The molecular weight excluding hydrogens is 354 g/mol. The zero-order valence-electron chi connectivity index (χ0n) is 11.7. The van der Waals surface area contributed by atoms with E-state index in [-0.39, 0.29) is 12.4 Å². The van der Waals surface area contributed by atoms with Crippen molar-refractivity contribution in [1.29, 1.82) is 0 Å². The van der Waals surface area contributed by atoms with Crippen molar-refractivity contribution in [3.05, 3.63) is 46.7 Å². The van der Waals surface area contributed by atoms with Gasteiger partial charge < -0.3 is 10.1 Å². The lowest BCUT2D eigenvalue weighted by atomic mass is 10.1. The Hall–Kier alpha value is -1.04. The molecule has 114 valence electrons. The zero-order valence-corrected chi connectivity index (χ0v) is 14.1. The third-order valence-electron chi connectivity index (χ3n) is 3.46. The van der Waals surface area contributed by atoms with Crippen LogP contribution in [0.25, 0.3) is 0 Å². The van der Waals surface area contributed by atoms with Crippen LogP contribution in [-0.2, 0) is 6.54 Å². The first kappa shape index (κ1) is 16.3. The van der Waals surface area contributed by atoms with Crippen LogP contribution in [0.5, 0.6) is 5.75 Å². The summed E-state index contributed by atoms with van der Waals surface area (Å²) < 4.78 is 8.97. The summed E-state index contributed by atoms with van der Waals surface area (Å²) in [5.74, 6) is 0.869. The van der Waals surface area contributed by atoms with Crippen LogP contribution in [0, 0.1) is 0 Å². The van der Waals surface area contributed by atoms with E-state index < -0.39 is 0 Å². The summed E-state index contributed by atoms with van der Waals surface area (Å²) in [5, 5.41) is 7.70. The fourth-order valence-corrected chi connectivity index (χ4v) is 2.64.